The molecule has 2 N–H and O–H groups in total. The summed E-state index contributed by atoms with van der Waals surface area (Å²) in [4.78, 5) is 27.1. The standard InChI is InChI=1S/C18H24N2O4/c1-4-23-18(22)17-12(2)15(20-13(17)3)7-8-16(21)19-10-9-14-6-5-11-24-14/h5-6,11,20H,4,7-10H2,1-3H3,(H,19,21). The summed E-state index contributed by atoms with van der Waals surface area (Å²) in [6, 6.07) is 3.71. The van der Waals surface area contributed by atoms with Gasteiger partial charge in [0.1, 0.15) is 5.76 Å². The third-order valence-electron chi connectivity index (χ3n) is 3.90. The molecule has 6 heteroatoms. The molecule has 0 radical (unpaired) electrons. The molecule has 2 aromatic rings. The number of carbonyl (C=O) groups excluding carboxylic acids is 2. The minimum atomic E-state index is -0.321. The number of hydrogen-bond acceptors (Lipinski definition) is 4. The van der Waals surface area contributed by atoms with Gasteiger partial charge in [0.05, 0.1) is 18.4 Å². The molecule has 0 saturated heterocycles. The van der Waals surface area contributed by atoms with Crippen molar-refractivity contribution in [2.24, 2.45) is 0 Å². The number of amides is 1. The lowest BCUT2D eigenvalue weighted by molar-refractivity contribution is -0.121. The van der Waals surface area contributed by atoms with Crippen molar-refractivity contribution < 1.29 is 18.7 Å². The van der Waals surface area contributed by atoms with E-state index in [2.05, 4.69) is 10.3 Å². The van der Waals surface area contributed by atoms with Crippen LogP contribution in [0.4, 0.5) is 0 Å². The topological polar surface area (TPSA) is 84.3 Å². The van der Waals surface area contributed by atoms with Gasteiger partial charge in [-0.2, -0.15) is 0 Å². The summed E-state index contributed by atoms with van der Waals surface area (Å²) in [5, 5.41) is 2.87. The number of nitrogens with one attached hydrogen (secondary N) is 2. The van der Waals surface area contributed by atoms with E-state index in [0.717, 1.165) is 22.7 Å². The number of hydrogen-bond donors (Lipinski definition) is 2. The van der Waals surface area contributed by atoms with E-state index in [1.54, 1.807) is 13.2 Å². The summed E-state index contributed by atoms with van der Waals surface area (Å²) in [5.41, 5.74) is 3.11. The second kappa shape index (κ2) is 8.38. The molecule has 2 rings (SSSR count). The fourth-order valence-corrected chi connectivity index (χ4v) is 2.68. The Bertz CT molecular complexity index is 686. The normalized spacial score (nSPS) is 10.6. The molecule has 0 unspecified atom stereocenters. The van der Waals surface area contributed by atoms with Crippen molar-refractivity contribution in [2.75, 3.05) is 13.2 Å². The summed E-state index contributed by atoms with van der Waals surface area (Å²) < 4.78 is 10.3. The van der Waals surface area contributed by atoms with E-state index >= 15 is 0 Å². The Hall–Kier alpha value is -2.50. The largest absolute Gasteiger partial charge is 0.469 e. The lowest BCUT2D eigenvalue weighted by Crippen LogP contribution is -2.25. The number of ether oxygens (including phenoxy) is 1. The molecule has 1 amide bonds. The van der Waals surface area contributed by atoms with E-state index < -0.39 is 0 Å². The van der Waals surface area contributed by atoms with E-state index in [-0.39, 0.29) is 11.9 Å². The molecule has 0 spiro atoms. The highest BCUT2D eigenvalue weighted by atomic mass is 16.5. The van der Waals surface area contributed by atoms with E-state index in [1.807, 2.05) is 26.0 Å². The van der Waals surface area contributed by atoms with E-state index in [4.69, 9.17) is 9.15 Å². The van der Waals surface area contributed by atoms with Gasteiger partial charge in [0, 0.05) is 30.8 Å². The third kappa shape index (κ3) is 4.50. The average Bonchev–Trinajstić information content (AvgIpc) is 3.14. The number of aryl methyl sites for hydroxylation is 2. The highest BCUT2D eigenvalue weighted by Crippen LogP contribution is 2.20. The quantitative estimate of drug-likeness (QED) is 0.728. The molecular formula is C18H24N2O4. The van der Waals surface area contributed by atoms with Crippen molar-refractivity contribution in [3.8, 4) is 0 Å². The minimum Gasteiger partial charge on any atom is -0.469 e. The van der Waals surface area contributed by atoms with Crippen molar-refractivity contribution in [3.05, 3.63) is 46.7 Å². The lowest BCUT2D eigenvalue weighted by Gasteiger charge is -2.05. The van der Waals surface area contributed by atoms with Crippen molar-refractivity contribution in [1.29, 1.82) is 0 Å². The zero-order valence-electron chi connectivity index (χ0n) is 14.4. The first kappa shape index (κ1) is 17.8. The molecular weight excluding hydrogens is 308 g/mol. The molecule has 2 aromatic heterocycles. The second-order valence-electron chi connectivity index (χ2n) is 5.63. The van der Waals surface area contributed by atoms with Crippen LogP contribution < -0.4 is 5.32 Å². The smallest absolute Gasteiger partial charge is 0.340 e. The summed E-state index contributed by atoms with van der Waals surface area (Å²) >= 11 is 0. The molecule has 0 aliphatic heterocycles. The van der Waals surface area contributed by atoms with Crippen LogP contribution in [0.25, 0.3) is 0 Å². The van der Waals surface area contributed by atoms with Crippen molar-refractivity contribution in [2.45, 2.75) is 40.0 Å². The van der Waals surface area contributed by atoms with Crippen molar-refractivity contribution in [1.82, 2.24) is 10.3 Å². The van der Waals surface area contributed by atoms with Crippen LogP contribution in [0.5, 0.6) is 0 Å². The molecule has 24 heavy (non-hydrogen) atoms. The Balaban J connectivity index is 1.84. The monoisotopic (exact) mass is 332 g/mol. The molecule has 6 nitrogen and oxygen atoms in total. The Morgan fingerprint density at radius 2 is 2.08 bits per heavy atom. The van der Waals surface area contributed by atoms with Crippen LogP contribution in [-0.2, 0) is 22.4 Å². The van der Waals surface area contributed by atoms with Gasteiger partial charge in [-0.25, -0.2) is 4.79 Å². The fraction of sp³-hybridized carbons (Fsp3) is 0.444. The van der Waals surface area contributed by atoms with Gasteiger partial charge in [-0.1, -0.05) is 0 Å². The number of esters is 1. The van der Waals surface area contributed by atoms with Gasteiger partial charge in [-0.3, -0.25) is 4.79 Å². The van der Waals surface area contributed by atoms with E-state index in [0.29, 0.717) is 38.0 Å². The maximum absolute atomic E-state index is 12.0. The van der Waals surface area contributed by atoms with E-state index in [9.17, 15) is 9.59 Å². The SMILES string of the molecule is CCOC(=O)c1c(C)[nH]c(CCC(=O)NCCc2ccco2)c1C. The summed E-state index contributed by atoms with van der Waals surface area (Å²) in [6.45, 7) is 6.38. The highest BCUT2D eigenvalue weighted by molar-refractivity contribution is 5.92. The van der Waals surface area contributed by atoms with Crippen LogP contribution in [0.3, 0.4) is 0 Å². The van der Waals surface area contributed by atoms with Crippen LogP contribution in [0.15, 0.2) is 22.8 Å². The first-order valence-corrected chi connectivity index (χ1v) is 8.17. The van der Waals surface area contributed by atoms with Crippen LogP contribution >= 0.6 is 0 Å². The average molecular weight is 332 g/mol. The number of rotatable bonds is 8. The van der Waals surface area contributed by atoms with Gasteiger partial charge in [0.2, 0.25) is 5.91 Å². The molecule has 0 aliphatic rings. The van der Waals surface area contributed by atoms with Gasteiger partial charge in [-0.15, -0.1) is 0 Å². The summed E-state index contributed by atoms with van der Waals surface area (Å²) in [6.07, 6.45) is 3.21. The van der Waals surface area contributed by atoms with Crippen molar-refractivity contribution >= 4 is 11.9 Å². The van der Waals surface area contributed by atoms with Gasteiger partial charge in [0.25, 0.3) is 0 Å². The Morgan fingerprint density at radius 3 is 2.75 bits per heavy atom. The predicted octanol–water partition coefficient (Wildman–Crippen LogP) is 2.69. The van der Waals surface area contributed by atoms with Gasteiger partial charge in [-0.05, 0) is 44.9 Å². The number of carbonyl (C=O) groups is 2. The number of H-pyrrole nitrogens is 1. The molecule has 130 valence electrons. The summed E-state index contributed by atoms with van der Waals surface area (Å²) in [5.74, 6) is 0.508. The number of aromatic amines is 1. The second-order valence-corrected chi connectivity index (χ2v) is 5.63. The number of furan rings is 1. The molecule has 0 aromatic carbocycles. The lowest BCUT2D eigenvalue weighted by atomic mass is 10.1. The third-order valence-corrected chi connectivity index (χ3v) is 3.90. The highest BCUT2D eigenvalue weighted by Gasteiger charge is 2.19. The maximum Gasteiger partial charge on any atom is 0.340 e. The van der Waals surface area contributed by atoms with Crippen LogP contribution in [0.2, 0.25) is 0 Å². The van der Waals surface area contributed by atoms with Crippen LogP contribution in [-0.4, -0.2) is 30.0 Å². The zero-order valence-corrected chi connectivity index (χ0v) is 14.4. The Kier molecular flexibility index (Phi) is 6.23. The van der Waals surface area contributed by atoms with Gasteiger partial charge < -0.3 is 19.5 Å². The Morgan fingerprint density at radius 1 is 1.29 bits per heavy atom. The molecule has 0 aliphatic carbocycles. The predicted molar refractivity (Wildman–Crippen MR) is 90.0 cm³/mol. The fourth-order valence-electron chi connectivity index (χ4n) is 2.68. The molecule has 0 fully saturated rings. The number of aromatic nitrogens is 1. The molecule has 0 atom stereocenters. The summed E-state index contributed by atoms with van der Waals surface area (Å²) in [7, 11) is 0. The Labute approximate surface area is 141 Å². The first-order valence-electron chi connectivity index (χ1n) is 8.17. The maximum atomic E-state index is 12.0. The van der Waals surface area contributed by atoms with Crippen molar-refractivity contribution in [3.63, 3.8) is 0 Å². The molecule has 0 bridgehead atoms. The van der Waals surface area contributed by atoms with Gasteiger partial charge >= 0.3 is 5.97 Å². The molecule has 0 saturated carbocycles. The molecule has 2 heterocycles. The van der Waals surface area contributed by atoms with Crippen LogP contribution in [0.1, 0.15) is 46.4 Å². The zero-order chi connectivity index (χ0) is 17.5. The minimum absolute atomic E-state index is 0.0223. The van der Waals surface area contributed by atoms with Crippen LogP contribution in [0, 0.1) is 13.8 Å². The van der Waals surface area contributed by atoms with Gasteiger partial charge in [0.15, 0.2) is 0 Å². The first-order chi connectivity index (χ1) is 11.5. The van der Waals surface area contributed by atoms with E-state index in [1.165, 1.54) is 0 Å².